The molecule has 2 fully saturated rings. The van der Waals surface area contributed by atoms with E-state index in [1.54, 1.807) is 6.20 Å². The summed E-state index contributed by atoms with van der Waals surface area (Å²) >= 11 is 0. The molecule has 236 valence electrons. The van der Waals surface area contributed by atoms with Gasteiger partial charge in [-0.05, 0) is 42.9 Å². The predicted molar refractivity (Wildman–Crippen MR) is 153 cm³/mol. The van der Waals surface area contributed by atoms with Gasteiger partial charge in [-0.3, -0.25) is 4.79 Å². The van der Waals surface area contributed by atoms with Crippen LogP contribution in [0.1, 0.15) is 73.7 Å². The summed E-state index contributed by atoms with van der Waals surface area (Å²) in [7, 11) is 0. The van der Waals surface area contributed by atoms with Crippen molar-refractivity contribution < 1.29 is 32.3 Å². The topological polar surface area (TPSA) is 156 Å². The Bertz CT molecular complexity index is 1580. The summed E-state index contributed by atoms with van der Waals surface area (Å²) in [6, 6.07) is 2.00. The third-order valence-electron chi connectivity index (χ3n) is 8.45. The van der Waals surface area contributed by atoms with Gasteiger partial charge in [-0.2, -0.15) is 13.2 Å². The highest BCUT2D eigenvalue weighted by Gasteiger charge is 2.46. The van der Waals surface area contributed by atoms with Crippen molar-refractivity contribution in [3.05, 3.63) is 53.5 Å². The molecule has 15 heteroatoms. The number of imidazole rings is 1. The number of alkyl halides is 3. The van der Waals surface area contributed by atoms with Gasteiger partial charge in [0.25, 0.3) is 5.91 Å². The lowest BCUT2D eigenvalue weighted by atomic mass is 9.82. The molecule has 2 aliphatic rings. The van der Waals surface area contributed by atoms with Gasteiger partial charge in [0.2, 0.25) is 0 Å². The number of aromatic nitrogens is 4. The van der Waals surface area contributed by atoms with Gasteiger partial charge in [-0.25, -0.2) is 24.1 Å². The first-order valence-electron chi connectivity index (χ1n) is 14.2. The molecule has 0 radical (unpaired) electrons. The van der Waals surface area contributed by atoms with E-state index in [9.17, 15) is 32.3 Å². The van der Waals surface area contributed by atoms with Crippen LogP contribution < -0.4 is 16.4 Å². The average molecular weight is 619 g/mol. The Balaban J connectivity index is 1.55. The van der Waals surface area contributed by atoms with Crippen LogP contribution in [0.2, 0.25) is 0 Å². The number of nitrogen functional groups attached to an aromatic ring is 1. The molecule has 3 aromatic rings. The maximum absolute atomic E-state index is 14.1. The number of carboxylic acid groups (broad SMARTS) is 1. The van der Waals surface area contributed by atoms with Crippen molar-refractivity contribution >= 4 is 23.6 Å². The number of rotatable bonds is 5. The smallest absolute Gasteiger partial charge is 0.419 e. The normalized spacial score (nSPS) is 19.9. The first-order valence-corrected chi connectivity index (χ1v) is 14.2. The van der Waals surface area contributed by atoms with Crippen LogP contribution in [0.3, 0.4) is 0 Å². The highest BCUT2D eigenvalue weighted by Crippen LogP contribution is 2.44. The van der Waals surface area contributed by atoms with Crippen molar-refractivity contribution in [2.45, 2.75) is 64.2 Å². The second kappa shape index (κ2) is 11.2. The molecule has 0 saturated carbocycles. The van der Waals surface area contributed by atoms with Gasteiger partial charge in [0, 0.05) is 37.3 Å². The zero-order chi connectivity index (χ0) is 32.1. The third kappa shape index (κ3) is 5.74. The summed E-state index contributed by atoms with van der Waals surface area (Å²) in [5.41, 5.74) is 9.92. The maximum Gasteiger partial charge on any atom is 0.419 e. The zero-order valence-electron chi connectivity index (χ0n) is 24.5. The number of primary amides is 1. The first kappa shape index (κ1) is 31.0. The van der Waals surface area contributed by atoms with Crippen LogP contribution in [-0.4, -0.2) is 67.2 Å². The SMILES string of the molecule is CC(C)(C)C1C(n2cc(-c3ccc(F)c(C(F)(F)F)c3)nc2C2CCN(c3ncnc(N)c3C(N)=O)CC2)CCN1C(=O)O. The van der Waals surface area contributed by atoms with Crippen LogP contribution in [0.25, 0.3) is 11.3 Å². The molecule has 44 heavy (non-hydrogen) atoms. The summed E-state index contributed by atoms with van der Waals surface area (Å²) in [6.07, 6.45) is -1.49. The van der Waals surface area contributed by atoms with Crippen LogP contribution in [-0.2, 0) is 6.18 Å². The van der Waals surface area contributed by atoms with E-state index in [4.69, 9.17) is 16.5 Å². The molecule has 11 nitrogen and oxygen atoms in total. The Morgan fingerprint density at radius 1 is 1.05 bits per heavy atom. The Hall–Kier alpha value is -4.43. The minimum atomic E-state index is -4.89. The number of benzene rings is 1. The minimum absolute atomic E-state index is 0.0271. The summed E-state index contributed by atoms with van der Waals surface area (Å²) in [6.45, 7) is 7.00. The number of carbonyl (C=O) groups is 2. The van der Waals surface area contributed by atoms with E-state index in [0.29, 0.717) is 44.0 Å². The number of likely N-dealkylation sites (tertiary alicyclic amines) is 1. The maximum atomic E-state index is 14.1. The second-order valence-corrected chi connectivity index (χ2v) is 12.3. The Morgan fingerprint density at radius 3 is 2.32 bits per heavy atom. The van der Waals surface area contributed by atoms with E-state index in [1.165, 1.54) is 17.3 Å². The lowest BCUT2D eigenvalue weighted by molar-refractivity contribution is -0.139. The molecule has 0 bridgehead atoms. The van der Waals surface area contributed by atoms with Crippen molar-refractivity contribution in [3.8, 4) is 11.3 Å². The summed E-state index contributed by atoms with van der Waals surface area (Å²) in [5.74, 6) is -1.41. The number of halogens is 4. The number of carbonyl (C=O) groups excluding carboxylic acids is 1. The molecule has 5 rings (SSSR count). The first-order chi connectivity index (χ1) is 20.6. The van der Waals surface area contributed by atoms with Gasteiger partial charge >= 0.3 is 12.3 Å². The Morgan fingerprint density at radius 2 is 1.73 bits per heavy atom. The quantitative estimate of drug-likeness (QED) is 0.341. The van der Waals surface area contributed by atoms with Crippen molar-refractivity contribution in [1.29, 1.82) is 0 Å². The van der Waals surface area contributed by atoms with Gasteiger partial charge in [0.1, 0.15) is 35.2 Å². The average Bonchev–Trinajstić information content (AvgIpc) is 3.58. The number of amides is 2. The molecule has 0 spiro atoms. The van der Waals surface area contributed by atoms with E-state index in [1.807, 2.05) is 30.2 Å². The number of hydrogen-bond donors (Lipinski definition) is 3. The molecule has 2 atom stereocenters. The molecule has 5 N–H and O–H groups in total. The molecular formula is C29H34F4N8O3. The van der Waals surface area contributed by atoms with E-state index in [-0.39, 0.29) is 41.1 Å². The standard InChI is InChI=1S/C29H34F4N8O3/c1-28(2,3)22-20(8-11-40(22)27(43)44)41-13-19(16-4-5-18(30)17(12-16)29(31,32)33)38-25(41)15-6-9-39(10-7-15)26-21(24(35)42)23(34)36-14-37-26/h4-5,12-15,20,22H,6-11H2,1-3H3,(H2,35,42)(H,43,44)(H2,34,36,37). The second-order valence-electron chi connectivity index (χ2n) is 12.3. The third-order valence-corrected chi connectivity index (χ3v) is 8.45. The van der Waals surface area contributed by atoms with Crippen LogP contribution in [0, 0.1) is 11.2 Å². The van der Waals surface area contributed by atoms with Gasteiger partial charge in [0.05, 0.1) is 23.3 Å². The fraction of sp³-hybridized carbons (Fsp3) is 0.483. The van der Waals surface area contributed by atoms with Crippen molar-refractivity contribution in [2.75, 3.05) is 30.3 Å². The monoisotopic (exact) mass is 618 g/mol. The summed E-state index contributed by atoms with van der Waals surface area (Å²) in [4.78, 5) is 40.4. The van der Waals surface area contributed by atoms with E-state index < -0.39 is 41.0 Å². The zero-order valence-corrected chi connectivity index (χ0v) is 24.5. The van der Waals surface area contributed by atoms with Crippen LogP contribution >= 0.6 is 0 Å². The lowest BCUT2D eigenvalue weighted by Gasteiger charge is -2.39. The summed E-state index contributed by atoms with van der Waals surface area (Å²) in [5, 5.41) is 9.97. The van der Waals surface area contributed by atoms with Gasteiger partial charge in [0.15, 0.2) is 0 Å². The molecule has 0 aliphatic carbocycles. The van der Waals surface area contributed by atoms with E-state index >= 15 is 0 Å². The number of nitrogens with zero attached hydrogens (tertiary/aromatic N) is 6. The molecule has 2 aromatic heterocycles. The highest BCUT2D eigenvalue weighted by molar-refractivity contribution is 6.01. The number of nitrogens with two attached hydrogens (primary N) is 2. The minimum Gasteiger partial charge on any atom is -0.465 e. The number of hydrogen-bond acceptors (Lipinski definition) is 7. The largest absolute Gasteiger partial charge is 0.465 e. The fourth-order valence-corrected chi connectivity index (χ4v) is 6.56. The van der Waals surface area contributed by atoms with Gasteiger partial charge < -0.3 is 30.9 Å². The van der Waals surface area contributed by atoms with Crippen molar-refractivity contribution in [2.24, 2.45) is 11.1 Å². The molecule has 1 aromatic carbocycles. The molecule has 2 amide bonds. The van der Waals surface area contributed by atoms with Crippen LogP contribution in [0.4, 0.5) is 34.0 Å². The molecule has 4 heterocycles. The molecular weight excluding hydrogens is 584 g/mol. The summed E-state index contributed by atoms with van der Waals surface area (Å²) < 4.78 is 56.7. The molecule has 2 unspecified atom stereocenters. The molecule has 2 aliphatic heterocycles. The van der Waals surface area contributed by atoms with Gasteiger partial charge in [-0.1, -0.05) is 20.8 Å². The van der Waals surface area contributed by atoms with Gasteiger partial charge in [-0.15, -0.1) is 0 Å². The van der Waals surface area contributed by atoms with Crippen LogP contribution in [0.15, 0.2) is 30.7 Å². The number of anilines is 2. The lowest BCUT2D eigenvalue weighted by Crippen LogP contribution is -2.46. The predicted octanol–water partition coefficient (Wildman–Crippen LogP) is 4.90. The van der Waals surface area contributed by atoms with Crippen molar-refractivity contribution in [1.82, 2.24) is 24.4 Å². The van der Waals surface area contributed by atoms with E-state index in [2.05, 4.69) is 9.97 Å². The number of piperidine rings is 1. The highest BCUT2D eigenvalue weighted by atomic mass is 19.4. The Kier molecular flexibility index (Phi) is 7.93. The van der Waals surface area contributed by atoms with E-state index in [0.717, 1.165) is 12.1 Å². The molecule has 2 saturated heterocycles. The Labute approximate surface area is 250 Å². The fourth-order valence-electron chi connectivity index (χ4n) is 6.56. The van der Waals surface area contributed by atoms with Crippen molar-refractivity contribution in [3.63, 3.8) is 0 Å². The van der Waals surface area contributed by atoms with Crippen LogP contribution in [0.5, 0.6) is 0 Å².